The first-order valence-corrected chi connectivity index (χ1v) is 5.00. The van der Waals surface area contributed by atoms with Gasteiger partial charge in [0.2, 0.25) is 0 Å². The van der Waals surface area contributed by atoms with E-state index in [2.05, 4.69) is 0 Å². The highest BCUT2D eigenvalue weighted by molar-refractivity contribution is 5.67. The van der Waals surface area contributed by atoms with Gasteiger partial charge in [-0.1, -0.05) is 12.1 Å². The molecular formula is C13H10F3N. The zero-order valence-corrected chi connectivity index (χ0v) is 9.10. The minimum Gasteiger partial charge on any atom is -0.396 e. The average molecular weight is 237 g/mol. The molecule has 0 aliphatic heterocycles. The average Bonchev–Trinajstić information content (AvgIpc) is 2.29. The van der Waals surface area contributed by atoms with Crippen molar-refractivity contribution < 1.29 is 13.2 Å². The number of hydrogen-bond donors (Lipinski definition) is 1. The summed E-state index contributed by atoms with van der Waals surface area (Å²) >= 11 is 0. The molecule has 0 amide bonds. The molecular weight excluding hydrogens is 227 g/mol. The molecule has 0 saturated carbocycles. The summed E-state index contributed by atoms with van der Waals surface area (Å²) in [4.78, 5) is 0. The molecule has 0 spiro atoms. The number of anilines is 1. The minimum atomic E-state index is -0.725. The summed E-state index contributed by atoms with van der Waals surface area (Å²) < 4.78 is 40.6. The Morgan fingerprint density at radius 2 is 1.65 bits per heavy atom. The highest BCUT2D eigenvalue weighted by Crippen LogP contribution is 2.29. The van der Waals surface area contributed by atoms with Crippen molar-refractivity contribution in [2.24, 2.45) is 0 Å². The smallest absolute Gasteiger partial charge is 0.146 e. The zero-order valence-electron chi connectivity index (χ0n) is 9.10. The van der Waals surface area contributed by atoms with Crippen LogP contribution in [-0.2, 0) is 0 Å². The van der Waals surface area contributed by atoms with Gasteiger partial charge in [-0.15, -0.1) is 0 Å². The summed E-state index contributed by atoms with van der Waals surface area (Å²) in [6.45, 7) is 1.52. The van der Waals surface area contributed by atoms with Crippen molar-refractivity contribution in [1.82, 2.24) is 0 Å². The van der Waals surface area contributed by atoms with E-state index in [1.807, 2.05) is 0 Å². The molecule has 0 aliphatic rings. The van der Waals surface area contributed by atoms with Crippen LogP contribution in [0.25, 0.3) is 11.1 Å². The highest BCUT2D eigenvalue weighted by atomic mass is 19.1. The first-order valence-electron chi connectivity index (χ1n) is 5.00. The number of rotatable bonds is 1. The van der Waals surface area contributed by atoms with Gasteiger partial charge >= 0.3 is 0 Å². The van der Waals surface area contributed by atoms with Crippen molar-refractivity contribution >= 4 is 5.69 Å². The van der Waals surface area contributed by atoms with Crippen LogP contribution in [0, 0.1) is 24.4 Å². The Balaban J connectivity index is 2.68. The van der Waals surface area contributed by atoms with E-state index in [-0.39, 0.29) is 16.8 Å². The Morgan fingerprint density at radius 3 is 2.29 bits per heavy atom. The van der Waals surface area contributed by atoms with Crippen molar-refractivity contribution in [2.45, 2.75) is 6.92 Å². The standard InChI is InChI=1S/C13H10F3N/c1-7-2-4-9(14)12(13(7)16)8-3-5-11(17)10(15)6-8/h2-6H,17H2,1H3. The molecule has 2 N–H and O–H groups in total. The number of halogens is 3. The highest BCUT2D eigenvalue weighted by Gasteiger charge is 2.14. The lowest BCUT2D eigenvalue weighted by Crippen LogP contribution is -1.96. The van der Waals surface area contributed by atoms with Gasteiger partial charge in [0.15, 0.2) is 0 Å². The van der Waals surface area contributed by atoms with Crippen molar-refractivity contribution in [3.05, 3.63) is 53.3 Å². The normalized spacial score (nSPS) is 10.6. The van der Waals surface area contributed by atoms with E-state index >= 15 is 0 Å². The molecule has 2 rings (SSSR count). The Labute approximate surface area is 96.7 Å². The second-order valence-electron chi connectivity index (χ2n) is 3.79. The molecule has 0 aromatic heterocycles. The summed E-state index contributed by atoms with van der Waals surface area (Å²) in [5.41, 5.74) is 5.46. The zero-order chi connectivity index (χ0) is 12.6. The molecule has 2 aromatic rings. The minimum absolute atomic E-state index is 0.0535. The van der Waals surface area contributed by atoms with E-state index in [1.165, 1.54) is 25.1 Å². The molecule has 1 nitrogen and oxygen atoms in total. The van der Waals surface area contributed by atoms with Gasteiger partial charge in [0, 0.05) is 0 Å². The van der Waals surface area contributed by atoms with E-state index in [0.29, 0.717) is 5.56 Å². The van der Waals surface area contributed by atoms with Gasteiger partial charge in [-0.25, -0.2) is 13.2 Å². The molecule has 88 valence electrons. The molecule has 0 radical (unpaired) electrons. The molecule has 0 atom stereocenters. The second kappa shape index (κ2) is 4.13. The molecule has 17 heavy (non-hydrogen) atoms. The predicted molar refractivity (Wildman–Crippen MR) is 60.9 cm³/mol. The molecule has 0 fully saturated rings. The first kappa shape index (κ1) is 11.5. The fourth-order valence-corrected chi connectivity index (χ4v) is 1.60. The van der Waals surface area contributed by atoms with Crippen LogP contribution in [-0.4, -0.2) is 0 Å². The Kier molecular flexibility index (Phi) is 2.79. The first-order chi connectivity index (χ1) is 8.00. The quantitative estimate of drug-likeness (QED) is 0.752. The summed E-state index contributed by atoms with van der Waals surface area (Å²) in [5, 5.41) is 0. The number of nitrogens with two attached hydrogens (primary N) is 1. The van der Waals surface area contributed by atoms with E-state index in [0.717, 1.165) is 12.1 Å². The Hall–Kier alpha value is -1.97. The molecule has 0 unspecified atom stereocenters. The van der Waals surface area contributed by atoms with Crippen LogP contribution >= 0.6 is 0 Å². The molecule has 0 saturated heterocycles. The number of nitrogen functional groups attached to an aromatic ring is 1. The fraction of sp³-hybridized carbons (Fsp3) is 0.0769. The van der Waals surface area contributed by atoms with Gasteiger partial charge in [0.1, 0.15) is 17.5 Å². The molecule has 0 heterocycles. The summed E-state index contributed by atoms with van der Waals surface area (Å²) in [7, 11) is 0. The van der Waals surface area contributed by atoms with Crippen LogP contribution < -0.4 is 5.73 Å². The maximum Gasteiger partial charge on any atom is 0.146 e. The third-order valence-electron chi connectivity index (χ3n) is 2.57. The monoisotopic (exact) mass is 237 g/mol. The van der Waals surface area contributed by atoms with Gasteiger partial charge in [-0.05, 0) is 36.2 Å². The summed E-state index contributed by atoms with van der Waals surface area (Å²) in [6, 6.07) is 6.19. The van der Waals surface area contributed by atoms with Crippen LogP contribution in [0.1, 0.15) is 5.56 Å². The van der Waals surface area contributed by atoms with Crippen LogP contribution in [0.5, 0.6) is 0 Å². The largest absolute Gasteiger partial charge is 0.396 e. The molecule has 2 aromatic carbocycles. The maximum absolute atomic E-state index is 13.8. The van der Waals surface area contributed by atoms with E-state index in [1.54, 1.807) is 0 Å². The third kappa shape index (κ3) is 1.98. The Morgan fingerprint density at radius 1 is 0.941 bits per heavy atom. The number of hydrogen-bond acceptors (Lipinski definition) is 1. The van der Waals surface area contributed by atoms with Crippen LogP contribution in [0.2, 0.25) is 0 Å². The van der Waals surface area contributed by atoms with Crippen LogP contribution in [0.3, 0.4) is 0 Å². The fourth-order valence-electron chi connectivity index (χ4n) is 1.60. The summed E-state index contributed by atoms with van der Waals surface area (Å²) in [5.74, 6) is -2.10. The SMILES string of the molecule is Cc1ccc(F)c(-c2ccc(N)c(F)c2)c1F. The van der Waals surface area contributed by atoms with E-state index < -0.39 is 17.5 Å². The predicted octanol–water partition coefficient (Wildman–Crippen LogP) is 3.66. The Bertz CT molecular complexity index is 579. The lowest BCUT2D eigenvalue weighted by atomic mass is 10.0. The van der Waals surface area contributed by atoms with Gasteiger partial charge in [0.25, 0.3) is 0 Å². The van der Waals surface area contributed by atoms with Crippen molar-refractivity contribution in [1.29, 1.82) is 0 Å². The molecule has 0 bridgehead atoms. The van der Waals surface area contributed by atoms with Gasteiger partial charge in [-0.2, -0.15) is 0 Å². The van der Waals surface area contributed by atoms with Gasteiger partial charge < -0.3 is 5.73 Å². The van der Waals surface area contributed by atoms with Crippen molar-refractivity contribution in [3.8, 4) is 11.1 Å². The van der Waals surface area contributed by atoms with Crippen molar-refractivity contribution in [3.63, 3.8) is 0 Å². The molecule has 0 aliphatic carbocycles. The third-order valence-corrected chi connectivity index (χ3v) is 2.57. The molecule has 4 heteroatoms. The lowest BCUT2D eigenvalue weighted by molar-refractivity contribution is 0.583. The van der Waals surface area contributed by atoms with E-state index in [9.17, 15) is 13.2 Å². The topological polar surface area (TPSA) is 26.0 Å². The van der Waals surface area contributed by atoms with Gasteiger partial charge in [-0.3, -0.25) is 0 Å². The second-order valence-corrected chi connectivity index (χ2v) is 3.79. The number of aryl methyl sites for hydroxylation is 1. The van der Waals surface area contributed by atoms with Gasteiger partial charge in [0.05, 0.1) is 11.3 Å². The number of benzene rings is 2. The van der Waals surface area contributed by atoms with Crippen LogP contribution in [0.15, 0.2) is 30.3 Å². The maximum atomic E-state index is 13.8. The van der Waals surface area contributed by atoms with E-state index in [4.69, 9.17) is 5.73 Å². The van der Waals surface area contributed by atoms with Crippen LogP contribution in [0.4, 0.5) is 18.9 Å². The lowest BCUT2D eigenvalue weighted by Gasteiger charge is -2.08. The summed E-state index contributed by atoms with van der Waals surface area (Å²) in [6.07, 6.45) is 0. The van der Waals surface area contributed by atoms with Crippen molar-refractivity contribution in [2.75, 3.05) is 5.73 Å².